The van der Waals surface area contributed by atoms with Crippen LogP contribution in [0.4, 0.5) is 17.1 Å². The lowest BCUT2D eigenvalue weighted by atomic mass is 9.67. The van der Waals surface area contributed by atoms with Crippen LogP contribution < -0.4 is 4.90 Å². The van der Waals surface area contributed by atoms with Crippen molar-refractivity contribution in [1.29, 1.82) is 0 Å². The van der Waals surface area contributed by atoms with Gasteiger partial charge in [0, 0.05) is 22.1 Å². The van der Waals surface area contributed by atoms with Crippen LogP contribution >= 0.6 is 0 Å². The van der Waals surface area contributed by atoms with Gasteiger partial charge >= 0.3 is 0 Å². The van der Waals surface area contributed by atoms with E-state index in [1.807, 2.05) is 6.07 Å². The van der Waals surface area contributed by atoms with Gasteiger partial charge in [-0.25, -0.2) is 0 Å². The van der Waals surface area contributed by atoms with E-state index >= 15 is 0 Å². The predicted octanol–water partition coefficient (Wildman–Crippen LogP) is 16.2. The van der Waals surface area contributed by atoms with E-state index in [-0.39, 0.29) is 10.8 Å². The molecule has 12 rings (SSSR count). The SMILES string of the molecule is CC1(C)CC(C)(C)c2cc3c(cc21)-c1cc(-c2cccc4ccc(N(c5ccccc5)c5cccc6c5oc5ccccc56)cc24)ccc1C3(c1ccccc1)c1ccccc1. The van der Waals surface area contributed by atoms with E-state index in [9.17, 15) is 0 Å². The van der Waals surface area contributed by atoms with Crippen LogP contribution in [0, 0.1) is 0 Å². The maximum absolute atomic E-state index is 6.65. The van der Waals surface area contributed by atoms with Crippen LogP contribution in [0.2, 0.25) is 0 Å². The Balaban J connectivity index is 1.09. The largest absolute Gasteiger partial charge is 0.454 e. The summed E-state index contributed by atoms with van der Waals surface area (Å²) in [4.78, 5) is 2.35. The average molecular weight is 798 g/mol. The standard InChI is InChI=1S/C60H47NO/c1-58(2)38-59(3,4)54-37-52-50(36-53(54)58)49-34-40(31-33-51(49)60(52,41-19-8-5-9-20-41)42-21-10-6-11-22-42)45-26-16-18-39-30-32-44(35-48(39)45)61(43-23-12-7-13-24-43)55-28-17-27-47-46-25-14-15-29-56(46)62-57(47)55/h5-37H,38H2,1-4H3. The molecule has 0 atom stereocenters. The molecule has 2 nitrogen and oxygen atoms in total. The highest BCUT2D eigenvalue weighted by molar-refractivity contribution is 6.11. The first-order chi connectivity index (χ1) is 30.2. The molecule has 0 fully saturated rings. The van der Waals surface area contributed by atoms with E-state index in [2.05, 4.69) is 227 Å². The second-order valence-corrected chi connectivity index (χ2v) is 18.8. The molecule has 0 unspecified atom stereocenters. The van der Waals surface area contributed by atoms with Gasteiger partial charge in [-0.3, -0.25) is 0 Å². The molecule has 298 valence electrons. The summed E-state index contributed by atoms with van der Waals surface area (Å²) < 4.78 is 6.65. The Morgan fingerprint density at radius 1 is 0.419 bits per heavy atom. The van der Waals surface area contributed by atoms with Gasteiger partial charge in [-0.1, -0.05) is 179 Å². The van der Waals surface area contributed by atoms with Gasteiger partial charge in [-0.15, -0.1) is 0 Å². The van der Waals surface area contributed by atoms with Crippen LogP contribution in [0.15, 0.2) is 205 Å². The topological polar surface area (TPSA) is 16.4 Å². The van der Waals surface area contributed by atoms with Crippen molar-refractivity contribution in [2.24, 2.45) is 0 Å². The number of nitrogens with zero attached hydrogens (tertiary/aromatic N) is 1. The van der Waals surface area contributed by atoms with Gasteiger partial charge < -0.3 is 9.32 Å². The first kappa shape index (κ1) is 36.7. The maximum Gasteiger partial charge on any atom is 0.159 e. The molecule has 1 heterocycles. The Morgan fingerprint density at radius 2 is 1.05 bits per heavy atom. The van der Waals surface area contributed by atoms with E-state index in [0.29, 0.717) is 0 Å². The molecule has 10 aromatic rings. The van der Waals surface area contributed by atoms with Crippen molar-refractivity contribution >= 4 is 49.8 Å². The molecule has 62 heavy (non-hydrogen) atoms. The van der Waals surface area contributed by atoms with Crippen LogP contribution in [0.5, 0.6) is 0 Å². The fourth-order valence-electron chi connectivity index (χ4n) is 11.7. The quantitative estimate of drug-likeness (QED) is 0.167. The number of hydrogen-bond acceptors (Lipinski definition) is 2. The summed E-state index contributed by atoms with van der Waals surface area (Å²) in [5.74, 6) is 0. The zero-order chi connectivity index (χ0) is 41.8. The Kier molecular flexibility index (Phi) is 7.94. The summed E-state index contributed by atoms with van der Waals surface area (Å²) >= 11 is 0. The Hall–Kier alpha value is -7.16. The highest BCUT2D eigenvalue weighted by Gasteiger charge is 2.50. The van der Waals surface area contributed by atoms with Gasteiger partial charge in [0.1, 0.15) is 5.58 Å². The highest BCUT2D eigenvalue weighted by atomic mass is 16.3. The van der Waals surface area contributed by atoms with Crippen molar-refractivity contribution in [3.05, 3.63) is 234 Å². The lowest BCUT2D eigenvalue weighted by Gasteiger charge is -2.34. The smallest absolute Gasteiger partial charge is 0.159 e. The van der Waals surface area contributed by atoms with E-state index < -0.39 is 5.41 Å². The van der Waals surface area contributed by atoms with Crippen LogP contribution in [-0.2, 0) is 16.2 Å². The second kappa shape index (κ2) is 13.4. The van der Waals surface area contributed by atoms with Crippen LogP contribution in [0.3, 0.4) is 0 Å². The first-order valence-corrected chi connectivity index (χ1v) is 22.0. The second-order valence-electron chi connectivity index (χ2n) is 18.8. The van der Waals surface area contributed by atoms with E-state index in [1.165, 1.54) is 66.4 Å². The summed E-state index contributed by atoms with van der Waals surface area (Å²) in [6.45, 7) is 9.74. The monoisotopic (exact) mass is 797 g/mol. The van der Waals surface area contributed by atoms with E-state index in [1.54, 1.807) is 0 Å². The third kappa shape index (κ3) is 5.29. The molecule has 0 radical (unpaired) electrons. The molecule has 0 saturated carbocycles. The number of rotatable bonds is 6. The molecule has 2 aliphatic carbocycles. The van der Waals surface area contributed by atoms with Crippen LogP contribution in [-0.4, -0.2) is 0 Å². The Morgan fingerprint density at radius 3 is 1.79 bits per heavy atom. The molecular weight excluding hydrogens is 751 g/mol. The maximum atomic E-state index is 6.65. The summed E-state index contributed by atoms with van der Waals surface area (Å²) in [6.07, 6.45) is 1.12. The highest BCUT2D eigenvalue weighted by Crippen LogP contribution is 2.60. The van der Waals surface area contributed by atoms with Gasteiger partial charge in [0.2, 0.25) is 0 Å². The Bertz CT molecular complexity index is 3330. The van der Waals surface area contributed by atoms with Gasteiger partial charge in [-0.05, 0) is 132 Å². The minimum Gasteiger partial charge on any atom is -0.454 e. The number of para-hydroxylation sites is 3. The third-order valence-corrected chi connectivity index (χ3v) is 14.1. The molecule has 2 heteroatoms. The molecule has 0 aliphatic heterocycles. The summed E-state index contributed by atoms with van der Waals surface area (Å²) in [6, 6.07) is 74.0. The first-order valence-electron chi connectivity index (χ1n) is 22.0. The van der Waals surface area contributed by atoms with Crippen molar-refractivity contribution in [2.45, 2.75) is 50.4 Å². The fraction of sp³-hybridized carbons (Fsp3) is 0.133. The van der Waals surface area contributed by atoms with Crippen LogP contribution in [0.1, 0.15) is 67.5 Å². The normalized spacial score (nSPS) is 15.4. The van der Waals surface area contributed by atoms with Gasteiger partial charge in [-0.2, -0.15) is 0 Å². The van der Waals surface area contributed by atoms with Gasteiger partial charge in [0.15, 0.2) is 5.58 Å². The summed E-state index contributed by atoms with van der Waals surface area (Å²) in [7, 11) is 0. The third-order valence-electron chi connectivity index (χ3n) is 14.1. The molecular formula is C60H47NO. The van der Waals surface area contributed by atoms with Crippen molar-refractivity contribution < 1.29 is 4.42 Å². The summed E-state index contributed by atoms with van der Waals surface area (Å²) in [5.41, 5.74) is 17.9. The lowest BCUT2D eigenvalue weighted by molar-refractivity contribution is 0.403. The van der Waals surface area contributed by atoms with Crippen molar-refractivity contribution in [3.63, 3.8) is 0 Å². The summed E-state index contributed by atoms with van der Waals surface area (Å²) in [5, 5.41) is 4.64. The molecule has 1 aromatic heterocycles. The average Bonchev–Trinajstić information content (AvgIpc) is 3.89. The number of furan rings is 1. The number of benzene rings is 9. The number of fused-ring (bicyclic) bond motifs is 8. The van der Waals surface area contributed by atoms with Crippen LogP contribution in [0.25, 0.3) is 55.0 Å². The number of anilines is 3. The predicted molar refractivity (Wildman–Crippen MR) is 259 cm³/mol. The van der Waals surface area contributed by atoms with E-state index in [4.69, 9.17) is 4.42 Å². The molecule has 0 N–H and O–H groups in total. The molecule has 0 saturated heterocycles. The molecule has 2 aliphatic rings. The van der Waals surface area contributed by atoms with E-state index in [0.717, 1.165) is 45.4 Å². The Labute approximate surface area is 363 Å². The molecule has 0 amide bonds. The molecule has 0 spiro atoms. The van der Waals surface area contributed by atoms with Crippen molar-refractivity contribution in [2.75, 3.05) is 4.90 Å². The molecule has 0 bridgehead atoms. The minimum absolute atomic E-state index is 0.0666. The van der Waals surface area contributed by atoms with Crippen molar-refractivity contribution in [1.82, 2.24) is 0 Å². The zero-order valence-corrected chi connectivity index (χ0v) is 35.6. The number of hydrogen-bond donors (Lipinski definition) is 0. The fourth-order valence-corrected chi connectivity index (χ4v) is 11.7. The van der Waals surface area contributed by atoms with Crippen molar-refractivity contribution in [3.8, 4) is 22.3 Å². The lowest BCUT2D eigenvalue weighted by Crippen LogP contribution is -2.29. The minimum atomic E-state index is -0.469. The van der Waals surface area contributed by atoms with Gasteiger partial charge in [0.05, 0.1) is 11.1 Å². The van der Waals surface area contributed by atoms with Gasteiger partial charge in [0.25, 0.3) is 0 Å². The zero-order valence-electron chi connectivity index (χ0n) is 35.6. The molecule has 9 aromatic carbocycles.